The maximum atomic E-state index is 16.2. The first kappa shape index (κ1) is 28.5. The molecular formula is C31H33FN4O7. The van der Waals surface area contributed by atoms with Crippen molar-refractivity contribution in [3.8, 4) is 5.75 Å². The largest absolute Gasteiger partial charge is 0.492 e. The van der Waals surface area contributed by atoms with Gasteiger partial charge in [-0.25, -0.2) is 14.0 Å². The molecule has 0 spiro atoms. The topological polar surface area (TPSA) is 130 Å². The van der Waals surface area contributed by atoms with Gasteiger partial charge in [0.2, 0.25) is 11.3 Å². The summed E-state index contributed by atoms with van der Waals surface area (Å²) in [6.45, 7) is 4.41. The summed E-state index contributed by atoms with van der Waals surface area (Å²) in [5.41, 5.74) is 2.44. The van der Waals surface area contributed by atoms with Crippen LogP contribution in [0.4, 0.5) is 20.6 Å². The Balaban J connectivity index is 1.34. The van der Waals surface area contributed by atoms with Crippen LogP contribution >= 0.6 is 0 Å². The van der Waals surface area contributed by atoms with E-state index in [4.69, 9.17) is 9.47 Å². The number of anilines is 2. The number of carbonyl (C=O) groups excluding carboxylic acids is 2. The van der Waals surface area contributed by atoms with Crippen LogP contribution < -0.4 is 25.3 Å². The second-order valence-corrected chi connectivity index (χ2v) is 11.4. The molecule has 11 nitrogen and oxygen atoms in total. The number of carboxylic acid groups (broad SMARTS) is 1. The fourth-order valence-corrected chi connectivity index (χ4v) is 6.18. The van der Waals surface area contributed by atoms with Crippen molar-refractivity contribution in [3.05, 3.63) is 62.7 Å². The molecule has 1 atom stereocenters. The van der Waals surface area contributed by atoms with Gasteiger partial charge in [-0.1, -0.05) is 6.07 Å². The zero-order chi connectivity index (χ0) is 30.6. The van der Waals surface area contributed by atoms with Crippen LogP contribution in [-0.4, -0.2) is 67.0 Å². The lowest BCUT2D eigenvalue weighted by atomic mass is 10.0. The smallest absolute Gasteiger partial charge is 0.414 e. The summed E-state index contributed by atoms with van der Waals surface area (Å²) in [5, 5.41) is 12.4. The molecule has 2 aliphatic heterocycles. The Hall–Kier alpha value is -4.61. The highest BCUT2D eigenvalue weighted by atomic mass is 19.1. The predicted octanol–water partition coefficient (Wildman–Crippen LogP) is 3.56. The third-order valence-electron chi connectivity index (χ3n) is 8.52. The molecule has 6 rings (SSSR count). The molecule has 12 heteroatoms. The molecular weight excluding hydrogens is 559 g/mol. The van der Waals surface area contributed by atoms with Gasteiger partial charge in [0, 0.05) is 43.5 Å². The normalized spacial score (nSPS) is 18.3. The number of amides is 2. The van der Waals surface area contributed by atoms with Crippen molar-refractivity contribution in [2.75, 3.05) is 43.1 Å². The van der Waals surface area contributed by atoms with Gasteiger partial charge in [-0.15, -0.1) is 0 Å². The first-order valence-corrected chi connectivity index (χ1v) is 14.4. The number of ether oxygens (including phenoxy) is 2. The number of nitrogens with one attached hydrogen (secondary N) is 1. The first-order valence-electron chi connectivity index (χ1n) is 14.4. The molecule has 0 bridgehead atoms. The van der Waals surface area contributed by atoms with Crippen molar-refractivity contribution in [2.24, 2.45) is 0 Å². The number of halogens is 1. The van der Waals surface area contributed by atoms with Crippen LogP contribution in [0.5, 0.6) is 5.75 Å². The Morgan fingerprint density at radius 3 is 2.53 bits per heavy atom. The van der Waals surface area contributed by atoms with Gasteiger partial charge in [0.1, 0.15) is 17.4 Å². The van der Waals surface area contributed by atoms with Gasteiger partial charge in [-0.05, 0) is 55.9 Å². The lowest BCUT2D eigenvalue weighted by Gasteiger charge is -2.28. The van der Waals surface area contributed by atoms with E-state index < -0.39 is 29.4 Å². The SMILES string of the molecule is COc1c(N2CCc3ccc(N4C[C@H](CNC(C)=O)OC4=O)cc3CC2)c(F)c(C)c2c(=O)c(C(=O)O)cn(C3CC3)c12. The Morgan fingerprint density at radius 2 is 1.88 bits per heavy atom. The van der Waals surface area contributed by atoms with Crippen LogP contribution in [0.15, 0.2) is 29.2 Å². The van der Waals surface area contributed by atoms with Crippen LogP contribution in [-0.2, 0) is 22.4 Å². The van der Waals surface area contributed by atoms with Gasteiger partial charge in [0.15, 0.2) is 11.6 Å². The van der Waals surface area contributed by atoms with Crippen LogP contribution in [0.1, 0.15) is 52.9 Å². The lowest BCUT2D eigenvalue weighted by Crippen LogP contribution is -2.33. The highest BCUT2D eigenvalue weighted by molar-refractivity contribution is 5.99. The summed E-state index contributed by atoms with van der Waals surface area (Å²) in [5.74, 6) is -1.93. The molecule has 2 amide bonds. The Morgan fingerprint density at radius 1 is 1.16 bits per heavy atom. The number of aryl methyl sites for hydroxylation is 1. The molecule has 1 aromatic heterocycles. The third-order valence-corrected chi connectivity index (χ3v) is 8.52. The van der Waals surface area contributed by atoms with Crippen molar-refractivity contribution in [3.63, 3.8) is 0 Å². The number of methoxy groups -OCH3 is 1. The molecule has 3 aliphatic rings. The maximum absolute atomic E-state index is 16.2. The number of nitrogens with zero attached hydrogens (tertiary/aromatic N) is 3. The van der Waals surface area contributed by atoms with E-state index in [0.29, 0.717) is 43.7 Å². The third kappa shape index (κ3) is 5.04. The standard InChI is InChI=1S/C31H33FN4O7/c1-16-24-26(35(20-6-7-20)15-23(28(24)38)30(39)40)29(42-3)27(25(16)32)34-10-8-18-4-5-21(12-19(18)9-11-34)36-14-22(43-31(36)41)13-33-17(2)37/h4-5,12,15,20,22H,6-11,13-14H2,1-3H3,(H,33,37)(H,39,40)/t22-/m0/s1. The van der Waals surface area contributed by atoms with E-state index in [1.807, 2.05) is 23.1 Å². The second kappa shape index (κ2) is 10.9. The van der Waals surface area contributed by atoms with E-state index in [1.54, 1.807) is 9.47 Å². The summed E-state index contributed by atoms with van der Waals surface area (Å²) >= 11 is 0. The summed E-state index contributed by atoms with van der Waals surface area (Å²) in [4.78, 5) is 52.5. The van der Waals surface area contributed by atoms with Crippen molar-refractivity contribution in [2.45, 2.75) is 51.7 Å². The first-order chi connectivity index (χ1) is 20.6. The quantitative estimate of drug-likeness (QED) is 0.426. The average molecular weight is 593 g/mol. The molecule has 2 aromatic carbocycles. The molecule has 0 unspecified atom stereocenters. The second-order valence-electron chi connectivity index (χ2n) is 11.4. The molecule has 1 saturated heterocycles. The molecule has 1 saturated carbocycles. The molecule has 226 valence electrons. The number of cyclic esters (lactones) is 1. The van der Waals surface area contributed by atoms with E-state index in [-0.39, 0.29) is 46.4 Å². The van der Waals surface area contributed by atoms with Crippen LogP contribution in [0.2, 0.25) is 0 Å². The highest BCUT2D eigenvalue weighted by Crippen LogP contribution is 2.45. The summed E-state index contributed by atoms with van der Waals surface area (Å²) in [6.07, 6.45) is 3.26. The Kier molecular flexibility index (Phi) is 7.23. The Labute approximate surface area is 246 Å². The van der Waals surface area contributed by atoms with Gasteiger partial charge in [0.25, 0.3) is 0 Å². The van der Waals surface area contributed by atoms with Crippen LogP contribution in [0.25, 0.3) is 10.9 Å². The Bertz CT molecular complexity index is 1730. The maximum Gasteiger partial charge on any atom is 0.414 e. The van der Waals surface area contributed by atoms with Gasteiger partial charge in [0.05, 0.1) is 31.1 Å². The van der Waals surface area contributed by atoms with E-state index >= 15 is 4.39 Å². The minimum Gasteiger partial charge on any atom is -0.492 e. The average Bonchev–Trinajstić information content (AvgIpc) is 3.78. The summed E-state index contributed by atoms with van der Waals surface area (Å²) in [6, 6.07) is 5.81. The van der Waals surface area contributed by atoms with Crippen LogP contribution in [0, 0.1) is 12.7 Å². The minimum absolute atomic E-state index is 0.00902. The molecule has 1 aliphatic carbocycles. The lowest BCUT2D eigenvalue weighted by molar-refractivity contribution is -0.119. The fourth-order valence-electron chi connectivity index (χ4n) is 6.18. The zero-order valence-corrected chi connectivity index (χ0v) is 24.2. The van der Waals surface area contributed by atoms with Crippen molar-refractivity contribution < 1.29 is 33.4 Å². The molecule has 3 aromatic rings. The number of pyridine rings is 1. The van der Waals surface area contributed by atoms with Crippen LogP contribution in [0.3, 0.4) is 0 Å². The monoisotopic (exact) mass is 592 g/mol. The molecule has 3 heterocycles. The minimum atomic E-state index is -1.35. The summed E-state index contributed by atoms with van der Waals surface area (Å²) in [7, 11) is 1.44. The van der Waals surface area contributed by atoms with Crippen molar-refractivity contribution in [1.82, 2.24) is 9.88 Å². The number of carboxylic acids is 1. The summed E-state index contributed by atoms with van der Waals surface area (Å²) < 4.78 is 29.2. The molecule has 43 heavy (non-hydrogen) atoms. The number of carbonyl (C=O) groups is 3. The number of aromatic carboxylic acids is 1. The fraction of sp³-hybridized carbons (Fsp3) is 0.419. The van der Waals surface area contributed by atoms with E-state index in [2.05, 4.69) is 5.32 Å². The number of rotatable bonds is 7. The molecule has 2 N–H and O–H groups in total. The zero-order valence-electron chi connectivity index (χ0n) is 24.2. The predicted molar refractivity (Wildman–Crippen MR) is 157 cm³/mol. The van der Waals surface area contributed by atoms with Gasteiger partial charge in [-0.3, -0.25) is 14.5 Å². The number of aromatic nitrogens is 1. The van der Waals surface area contributed by atoms with E-state index in [1.165, 1.54) is 27.2 Å². The molecule has 2 fully saturated rings. The van der Waals surface area contributed by atoms with E-state index in [9.17, 15) is 24.3 Å². The highest BCUT2D eigenvalue weighted by Gasteiger charge is 2.35. The van der Waals surface area contributed by atoms with Gasteiger partial charge in [-0.2, -0.15) is 0 Å². The number of benzene rings is 2. The van der Waals surface area contributed by atoms with Gasteiger partial charge >= 0.3 is 12.1 Å². The van der Waals surface area contributed by atoms with Crippen molar-refractivity contribution in [1.29, 1.82) is 0 Å². The number of hydrogen-bond donors (Lipinski definition) is 2. The number of fused-ring (bicyclic) bond motifs is 2. The van der Waals surface area contributed by atoms with Crippen molar-refractivity contribution >= 4 is 40.2 Å². The van der Waals surface area contributed by atoms with E-state index in [0.717, 1.165) is 24.0 Å². The van der Waals surface area contributed by atoms with Gasteiger partial charge < -0.3 is 29.4 Å². The number of hydrogen-bond acceptors (Lipinski definition) is 7. The molecule has 0 radical (unpaired) electrons.